The Balaban J connectivity index is 2.45. The van der Waals surface area contributed by atoms with Crippen LogP contribution < -0.4 is 0 Å². The standard InChI is InChI=1S/C17H32O8/c1-10(2)6-8-23-17(3,4)7-5-12(19)25-16-15(22)14(21)13(20)11(9-18)24-16/h10-11,13-16,18,20-22H,5-9H2,1-4H3. The molecule has 148 valence electrons. The van der Waals surface area contributed by atoms with Crippen LogP contribution in [0.4, 0.5) is 0 Å². The van der Waals surface area contributed by atoms with Gasteiger partial charge in [0.1, 0.15) is 24.4 Å². The first-order chi connectivity index (χ1) is 11.6. The smallest absolute Gasteiger partial charge is 0.308 e. The van der Waals surface area contributed by atoms with E-state index < -0.39 is 48.9 Å². The Morgan fingerprint density at radius 1 is 1.16 bits per heavy atom. The number of hydrogen-bond acceptors (Lipinski definition) is 8. The molecule has 0 aromatic rings. The van der Waals surface area contributed by atoms with Crippen LogP contribution in [-0.2, 0) is 19.0 Å². The second-order valence-electron chi connectivity index (χ2n) is 7.48. The third-order valence-electron chi connectivity index (χ3n) is 4.22. The summed E-state index contributed by atoms with van der Waals surface area (Å²) in [6.07, 6.45) is -5.79. The molecule has 5 atom stereocenters. The summed E-state index contributed by atoms with van der Waals surface area (Å²) < 4.78 is 16.0. The van der Waals surface area contributed by atoms with E-state index in [1.54, 1.807) is 0 Å². The predicted octanol–water partition coefficient (Wildman–Crippen LogP) is -0.0490. The van der Waals surface area contributed by atoms with Gasteiger partial charge in [-0.3, -0.25) is 4.79 Å². The van der Waals surface area contributed by atoms with E-state index in [1.165, 1.54) is 0 Å². The zero-order valence-electron chi connectivity index (χ0n) is 15.4. The van der Waals surface area contributed by atoms with E-state index in [4.69, 9.17) is 19.3 Å². The Morgan fingerprint density at radius 2 is 1.80 bits per heavy atom. The average molecular weight is 364 g/mol. The van der Waals surface area contributed by atoms with Gasteiger partial charge in [-0.1, -0.05) is 13.8 Å². The van der Waals surface area contributed by atoms with Crippen LogP contribution in [0.5, 0.6) is 0 Å². The van der Waals surface area contributed by atoms with Crippen molar-refractivity contribution in [2.75, 3.05) is 13.2 Å². The highest BCUT2D eigenvalue weighted by Gasteiger charge is 2.45. The van der Waals surface area contributed by atoms with Crippen LogP contribution >= 0.6 is 0 Å². The van der Waals surface area contributed by atoms with Gasteiger partial charge in [0.15, 0.2) is 0 Å². The van der Waals surface area contributed by atoms with Crippen LogP contribution in [0.1, 0.15) is 47.0 Å². The Morgan fingerprint density at radius 3 is 2.36 bits per heavy atom. The summed E-state index contributed by atoms with van der Waals surface area (Å²) in [6, 6.07) is 0. The fourth-order valence-electron chi connectivity index (χ4n) is 2.40. The molecule has 1 rings (SSSR count). The summed E-state index contributed by atoms with van der Waals surface area (Å²) in [6.45, 7) is 8.01. The van der Waals surface area contributed by atoms with Crippen molar-refractivity contribution < 1.29 is 39.4 Å². The summed E-state index contributed by atoms with van der Waals surface area (Å²) in [4.78, 5) is 12.0. The highest BCUT2D eigenvalue weighted by Crippen LogP contribution is 2.23. The number of aliphatic hydroxyl groups excluding tert-OH is 4. The molecule has 0 radical (unpaired) electrons. The number of carbonyl (C=O) groups excluding carboxylic acids is 1. The molecule has 0 bridgehead atoms. The lowest BCUT2D eigenvalue weighted by Crippen LogP contribution is -2.59. The average Bonchev–Trinajstić information content (AvgIpc) is 2.53. The second-order valence-corrected chi connectivity index (χ2v) is 7.48. The van der Waals surface area contributed by atoms with E-state index in [0.29, 0.717) is 18.9 Å². The summed E-state index contributed by atoms with van der Waals surface area (Å²) in [5, 5.41) is 38.3. The minimum atomic E-state index is -1.59. The van der Waals surface area contributed by atoms with Crippen LogP contribution in [0.2, 0.25) is 0 Å². The minimum Gasteiger partial charge on any atom is -0.433 e. The minimum absolute atomic E-state index is 0.0453. The van der Waals surface area contributed by atoms with Gasteiger partial charge in [-0.05, 0) is 32.6 Å². The molecule has 8 nitrogen and oxygen atoms in total. The zero-order valence-corrected chi connectivity index (χ0v) is 15.4. The Bertz CT molecular complexity index is 409. The van der Waals surface area contributed by atoms with Crippen molar-refractivity contribution in [1.29, 1.82) is 0 Å². The molecular formula is C17H32O8. The van der Waals surface area contributed by atoms with E-state index in [2.05, 4.69) is 13.8 Å². The van der Waals surface area contributed by atoms with Gasteiger partial charge in [-0.2, -0.15) is 0 Å². The lowest BCUT2D eigenvalue weighted by molar-refractivity contribution is -0.292. The second kappa shape index (κ2) is 9.80. The zero-order chi connectivity index (χ0) is 19.2. The largest absolute Gasteiger partial charge is 0.433 e. The molecule has 0 aliphatic carbocycles. The van der Waals surface area contributed by atoms with Gasteiger partial charge < -0.3 is 34.6 Å². The van der Waals surface area contributed by atoms with E-state index in [1.807, 2.05) is 13.8 Å². The molecule has 1 fully saturated rings. The monoisotopic (exact) mass is 364 g/mol. The SMILES string of the molecule is CC(C)CCOC(C)(C)CCC(=O)OC1OC(CO)C(O)C(O)C1O. The fourth-order valence-corrected chi connectivity index (χ4v) is 2.40. The van der Waals surface area contributed by atoms with E-state index in [9.17, 15) is 20.1 Å². The molecule has 0 amide bonds. The normalized spacial score (nSPS) is 30.5. The van der Waals surface area contributed by atoms with E-state index in [0.717, 1.165) is 6.42 Å². The maximum atomic E-state index is 12.0. The Labute approximate surface area is 148 Å². The molecule has 0 spiro atoms. The molecule has 1 saturated heterocycles. The van der Waals surface area contributed by atoms with Crippen molar-refractivity contribution in [2.45, 2.75) is 83.3 Å². The van der Waals surface area contributed by atoms with Crippen molar-refractivity contribution in [3.8, 4) is 0 Å². The molecule has 0 aromatic carbocycles. The number of carbonyl (C=O) groups is 1. The highest BCUT2D eigenvalue weighted by molar-refractivity contribution is 5.69. The molecule has 4 N–H and O–H groups in total. The van der Waals surface area contributed by atoms with Gasteiger partial charge >= 0.3 is 5.97 Å². The number of hydrogen-bond donors (Lipinski definition) is 4. The van der Waals surface area contributed by atoms with Crippen molar-refractivity contribution in [3.05, 3.63) is 0 Å². The molecule has 25 heavy (non-hydrogen) atoms. The molecule has 1 aliphatic heterocycles. The molecule has 8 heteroatoms. The van der Waals surface area contributed by atoms with Gasteiger partial charge in [-0.15, -0.1) is 0 Å². The molecule has 5 unspecified atom stereocenters. The van der Waals surface area contributed by atoms with Crippen LogP contribution in [0, 0.1) is 5.92 Å². The first-order valence-electron chi connectivity index (χ1n) is 8.71. The van der Waals surface area contributed by atoms with E-state index >= 15 is 0 Å². The molecule has 1 aliphatic rings. The topological polar surface area (TPSA) is 126 Å². The Kier molecular flexibility index (Phi) is 8.73. The van der Waals surface area contributed by atoms with Gasteiger partial charge in [0.25, 0.3) is 0 Å². The maximum Gasteiger partial charge on any atom is 0.308 e. The summed E-state index contributed by atoms with van der Waals surface area (Å²) in [7, 11) is 0. The van der Waals surface area contributed by atoms with Crippen LogP contribution in [0.3, 0.4) is 0 Å². The van der Waals surface area contributed by atoms with Crippen LogP contribution in [-0.4, -0.2) is 75.9 Å². The maximum absolute atomic E-state index is 12.0. The van der Waals surface area contributed by atoms with Gasteiger partial charge in [0.05, 0.1) is 12.2 Å². The van der Waals surface area contributed by atoms with Gasteiger partial charge in [0.2, 0.25) is 6.29 Å². The van der Waals surface area contributed by atoms with Crippen molar-refractivity contribution in [1.82, 2.24) is 0 Å². The number of aliphatic hydroxyl groups is 4. The number of ether oxygens (including phenoxy) is 3. The van der Waals surface area contributed by atoms with Crippen molar-refractivity contribution in [3.63, 3.8) is 0 Å². The quantitative estimate of drug-likeness (QED) is 0.420. The summed E-state index contributed by atoms with van der Waals surface area (Å²) >= 11 is 0. The van der Waals surface area contributed by atoms with E-state index in [-0.39, 0.29) is 6.42 Å². The Hall–Kier alpha value is -0.770. The molecule has 0 saturated carbocycles. The van der Waals surface area contributed by atoms with Crippen LogP contribution in [0.15, 0.2) is 0 Å². The third kappa shape index (κ3) is 7.16. The highest BCUT2D eigenvalue weighted by atomic mass is 16.7. The van der Waals surface area contributed by atoms with Gasteiger partial charge in [0, 0.05) is 13.0 Å². The molecule has 0 aromatic heterocycles. The first kappa shape index (κ1) is 22.3. The predicted molar refractivity (Wildman–Crippen MR) is 88.6 cm³/mol. The van der Waals surface area contributed by atoms with Crippen LogP contribution in [0.25, 0.3) is 0 Å². The summed E-state index contributed by atoms with van der Waals surface area (Å²) in [5.74, 6) is -0.0863. The molecular weight excluding hydrogens is 332 g/mol. The van der Waals surface area contributed by atoms with Gasteiger partial charge in [-0.25, -0.2) is 0 Å². The fraction of sp³-hybridized carbons (Fsp3) is 0.941. The number of esters is 1. The van der Waals surface area contributed by atoms with Crippen molar-refractivity contribution in [2.24, 2.45) is 5.92 Å². The third-order valence-corrected chi connectivity index (χ3v) is 4.22. The molecule has 1 heterocycles. The first-order valence-corrected chi connectivity index (χ1v) is 8.71. The lowest BCUT2D eigenvalue weighted by atomic mass is 9.99. The van der Waals surface area contributed by atoms with Crippen molar-refractivity contribution >= 4 is 5.97 Å². The number of rotatable bonds is 9. The lowest BCUT2D eigenvalue weighted by Gasteiger charge is -2.39. The summed E-state index contributed by atoms with van der Waals surface area (Å²) in [5.41, 5.74) is -0.497.